The van der Waals surface area contributed by atoms with E-state index in [0.29, 0.717) is 22.9 Å². The number of hydrogen-bond acceptors (Lipinski definition) is 6. The first-order chi connectivity index (χ1) is 15.4. The molecule has 0 aliphatic rings. The van der Waals surface area contributed by atoms with Crippen molar-refractivity contribution in [1.29, 1.82) is 0 Å². The van der Waals surface area contributed by atoms with E-state index in [0.717, 1.165) is 27.9 Å². The van der Waals surface area contributed by atoms with E-state index >= 15 is 0 Å². The topological polar surface area (TPSA) is 106 Å². The van der Waals surface area contributed by atoms with Crippen LogP contribution in [0.3, 0.4) is 0 Å². The summed E-state index contributed by atoms with van der Waals surface area (Å²) in [5.74, 6) is 1.91. The van der Waals surface area contributed by atoms with Gasteiger partial charge in [-0.15, -0.1) is 0 Å². The molecule has 9 nitrogen and oxygen atoms in total. The maximum absolute atomic E-state index is 12.5. The van der Waals surface area contributed by atoms with Crippen molar-refractivity contribution >= 4 is 39.8 Å². The molecule has 0 fully saturated rings. The average Bonchev–Trinajstić information content (AvgIpc) is 3.10. The van der Waals surface area contributed by atoms with E-state index in [2.05, 4.69) is 21.2 Å². The highest BCUT2D eigenvalue weighted by Gasteiger charge is 2.15. The van der Waals surface area contributed by atoms with Gasteiger partial charge in [-0.3, -0.25) is 15.6 Å². The van der Waals surface area contributed by atoms with E-state index in [4.69, 9.17) is 31.2 Å². The van der Waals surface area contributed by atoms with Gasteiger partial charge in [-0.05, 0) is 42.9 Å². The number of anilines is 1. The molecule has 0 unspecified atom stereocenters. The predicted molar refractivity (Wildman–Crippen MR) is 127 cm³/mol. The van der Waals surface area contributed by atoms with Crippen molar-refractivity contribution in [1.82, 2.24) is 15.8 Å². The molecule has 3 rings (SSSR count). The Hall–Kier alpha value is -3.66. The lowest BCUT2D eigenvalue weighted by Gasteiger charge is -2.16. The molecule has 4 N–H and O–H groups in total. The summed E-state index contributed by atoms with van der Waals surface area (Å²) < 4.78 is 21.3. The number of carbonyl (C=O) groups excluding carboxylic acids is 1. The molecule has 1 aromatic heterocycles. The Balaban J connectivity index is 1.64. The second-order valence-electron chi connectivity index (χ2n) is 6.86. The first kappa shape index (κ1) is 23.0. The molecule has 32 heavy (non-hydrogen) atoms. The zero-order valence-corrected chi connectivity index (χ0v) is 19.4. The number of carbonyl (C=O) groups is 1. The number of rotatable bonds is 7. The van der Waals surface area contributed by atoms with Crippen LogP contribution in [0.1, 0.15) is 11.3 Å². The Bertz CT molecular complexity index is 1120. The highest BCUT2D eigenvalue weighted by atomic mass is 32.1. The van der Waals surface area contributed by atoms with Crippen LogP contribution in [0.5, 0.6) is 23.0 Å². The fraction of sp³-hybridized carbons (Fsp3) is 0.273. The van der Waals surface area contributed by atoms with Gasteiger partial charge in [-0.25, -0.2) is 0 Å². The van der Waals surface area contributed by atoms with Gasteiger partial charge >= 0.3 is 0 Å². The number of ether oxygens (including phenoxy) is 4. The van der Waals surface area contributed by atoms with Gasteiger partial charge in [0.05, 0.1) is 34.9 Å². The molecule has 0 bridgehead atoms. The number of aromatic nitrogens is 1. The minimum absolute atomic E-state index is 0.165. The fourth-order valence-corrected chi connectivity index (χ4v) is 3.53. The van der Waals surface area contributed by atoms with Crippen LogP contribution in [-0.4, -0.2) is 44.4 Å². The molecule has 1 amide bonds. The zero-order chi connectivity index (χ0) is 23.3. The lowest BCUT2D eigenvalue weighted by molar-refractivity contribution is -0.120. The third-order valence-corrected chi connectivity index (χ3v) is 5.11. The summed E-state index contributed by atoms with van der Waals surface area (Å²) in [5, 5.41) is 4.12. The van der Waals surface area contributed by atoms with Gasteiger partial charge in [-0.2, -0.15) is 0 Å². The van der Waals surface area contributed by atoms with Crippen LogP contribution >= 0.6 is 12.2 Å². The molecule has 0 aliphatic carbocycles. The molecule has 2 aromatic carbocycles. The molecule has 0 aliphatic heterocycles. The maximum atomic E-state index is 12.5. The number of hydrogen-bond donors (Lipinski definition) is 4. The Kier molecular flexibility index (Phi) is 7.26. The highest BCUT2D eigenvalue weighted by molar-refractivity contribution is 7.80. The molecular weight excluding hydrogens is 432 g/mol. The van der Waals surface area contributed by atoms with Crippen LogP contribution in [0, 0.1) is 6.92 Å². The standard InChI is InChI=1S/C22H26N4O5S/c1-12-15(16-10-14(28-2)6-7-17(16)23-12)11-20(27)25-26-22(32)24-13-8-18(29-3)21(31-5)19(9-13)30-4/h6-10,23H,11H2,1-5H3,(H,25,27)(H2,24,26,32). The van der Waals surface area contributed by atoms with Crippen molar-refractivity contribution in [3.63, 3.8) is 0 Å². The Morgan fingerprint density at radius 2 is 1.66 bits per heavy atom. The van der Waals surface area contributed by atoms with E-state index < -0.39 is 0 Å². The van der Waals surface area contributed by atoms with Gasteiger partial charge in [0, 0.05) is 34.4 Å². The lowest BCUT2D eigenvalue weighted by Crippen LogP contribution is -2.44. The summed E-state index contributed by atoms with van der Waals surface area (Å²) in [5.41, 5.74) is 8.68. The monoisotopic (exact) mass is 458 g/mol. The van der Waals surface area contributed by atoms with Crippen LogP contribution in [0.15, 0.2) is 30.3 Å². The predicted octanol–water partition coefficient (Wildman–Crippen LogP) is 3.07. The largest absolute Gasteiger partial charge is 0.497 e. The van der Waals surface area contributed by atoms with E-state index in [9.17, 15) is 4.79 Å². The molecule has 0 atom stereocenters. The van der Waals surface area contributed by atoms with E-state index in [1.54, 1.807) is 19.2 Å². The molecule has 0 spiro atoms. The van der Waals surface area contributed by atoms with Crippen LogP contribution < -0.4 is 35.1 Å². The molecule has 1 heterocycles. The third-order valence-electron chi connectivity index (χ3n) is 4.90. The van der Waals surface area contributed by atoms with Crippen LogP contribution in [-0.2, 0) is 11.2 Å². The van der Waals surface area contributed by atoms with Crippen LogP contribution in [0.4, 0.5) is 5.69 Å². The average molecular weight is 459 g/mol. The number of fused-ring (bicyclic) bond motifs is 1. The van der Waals surface area contributed by atoms with E-state index in [-0.39, 0.29) is 17.4 Å². The van der Waals surface area contributed by atoms with Gasteiger partial charge < -0.3 is 29.2 Å². The number of nitrogens with one attached hydrogen (secondary N) is 4. The summed E-state index contributed by atoms with van der Waals surface area (Å²) in [4.78, 5) is 15.8. The quantitative estimate of drug-likeness (QED) is 0.316. The van der Waals surface area contributed by atoms with Gasteiger partial charge in [0.25, 0.3) is 0 Å². The van der Waals surface area contributed by atoms with Gasteiger partial charge in [-0.1, -0.05) is 0 Å². The van der Waals surface area contributed by atoms with E-state index in [1.807, 2.05) is 25.1 Å². The molecule has 3 aromatic rings. The number of hydrazine groups is 1. The molecule has 0 radical (unpaired) electrons. The third kappa shape index (κ3) is 4.97. The number of aromatic amines is 1. The van der Waals surface area contributed by atoms with Gasteiger partial charge in [0.1, 0.15) is 5.75 Å². The number of thiocarbonyl (C=S) groups is 1. The molecular formula is C22H26N4O5S. The van der Waals surface area contributed by atoms with Crippen molar-refractivity contribution in [2.24, 2.45) is 0 Å². The summed E-state index contributed by atoms with van der Waals surface area (Å²) >= 11 is 5.29. The SMILES string of the molecule is COc1ccc2[nH]c(C)c(CC(=O)NNC(=S)Nc3cc(OC)c(OC)c(OC)c3)c2c1. The fourth-order valence-electron chi connectivity index (χ4n) is 3.36. The van der Waals surface area contributed by atoms with Crippen LogP contribution in [0.2, 0.25) is 0 Å². The maximum Gasteiger partial charge on any atom is 0.242 e. The van der Waals surface area contributed by atoms with E-state index in [1.165, 1.54) is 21.3 Å². The smallest absolute Gasteiger partial charge is 0.242 e. The first-order valence-electron chi connectivity index (χ1n) is 9.71. The Morgan fingerprint density at radius 3 is 2.25 bits per heavy atom. The van der Waals surface area contributed by atoms with Gasteiger partial charge in [0.15, 0.2) is 16.6 Å². The number of H-pyrrole nitrogens is 1. The number of aryl methyl sites for hydroxylation is 1. The first-order valence-corrected chi connectivity index (χ1v) is 10.1. The summed E-state index contributed by atoms with van der Waals surface area (Å²) in [6, 6.07) is 9.12. The molecule has 170 valence electrons. The summed E-state index contributed by atoms with van der Waals surface area (Å²) in [6.07, 6.45) is 0.165. The van der Waals surface area contributed by atoms with Crippen molar-refractivity contribution in [2.75, 3.05) is 33.8 Å². The number of amides is 1. The Morgan fingerprint density at radius 1 is 0.969 bits per heavy atom. The zero-order valence-electron chi connectivity index (χ0n) is 18.5. The second-order valence-corrected chi connectivity index (χ2v) is 7.27. The highest BCUT2D eigenvalue weighted by Crippen LogP contribution is 2.39. The minimum atomic E-state index is -0.245. The number of benzene rings is 2. The minimum Gasteiger partial charge on any atom is -0.497 e. The second kappa shape index (κ2) is 10.1. The molecule has 0 saturated heterocycles. The van der Waals surface area contributed by atoms with Crippen molar-refractivity contribution in [3.05, 3.63) is 41.6 Å². The van der Waals surface area contributed by atoms with Crippen molar-refractivity contribution in [3.8, 4) is 23.0 Å². The Labute approximate surface area is 191 Å². The molecule has 10 heteroatoms. The van der Waals surface area contributed by atoms with Crippen molar-refractivity contribution in [2.45, 2.75) is 13.3 Å². The lowest BCUT2D eigenvalue weighted by atomic mass is 10.1. The normalized spacial score (nSPS) is 10.4. The summed E-state index contributed by atoms with van der Waals surface area (Å²) in [7, 11) is 6.19. The molecule has 0 saturated carbocycles. The summed E-state index contributed by atoms with van der Waals surface area (Å²) in [6.45, 7) is 1.93. The van der Waals surface area contributed by atoms with Crippen molar-refractivity contribution < 1.29 is 23.7 Å². The van der Waals surface area contributed by atoms with Gasteiger partial charge in [0.2, 0.25) is 11.7 Å². The van der Waals surface area contributed by atoms with Crippen LogP contribution in [0.25, 0.3) is 10.9 Å². The number of methoxy groups -OCH3 is 4.